The number of imidazole rings is 1. The van der Waals surface area contributed by atoms with Gasteiger partial charge >= 0.3 is 18.2 Å². The van der Waals surface area contributed by atoms with Crippen molar-refractivity contribution in [2.75, 3.05) is 4.90 Å². The van der Waals surface area contributed by atoms with Crippen molar-refractivity contribution in [3.05, 3.63) is 78.6 Å². The van der Waals surface area contributed by atoms with Crippen LogP contribution in [0.3, 0.4) is 0 Å². The van der Waals surface area contributed by atoms with Gasteiger partial charge in [-0.15, -0.1) is 0 Å². The van der Waals surface area contributed by atoms with Crippen LogP contribution in [0.15, 0.2) is 73.1 Å². The quantitative estimate of drug-likeness (QED) is 0.335. The minimum absolute atomic E-state index is 0.192. The zero-order valence-electron chi connectivity index (χ0n) is 20.6. The highest BCUT2D eigenvalue weighted by atomic mass is 19.4. The number of carboxylic acid groups (broad SMARTS) is 1. The van der Waals surface area contributed by atoms with Crippen LogP contribution in [0.2, 0.25) is 0 Å². The molecule has 2 aromatic carbocycles. The van der Waals surface area contributed by atoms with E-state index in [-0.39, 0.29) is 11.9 Å². The van der Waals surface area contributed by atoms with E-state index in [2.05, 4.69) is 15.0 Å². The number of carbonyl (C=O) groups is 3. The number of urea groups is 1. The number of nitrogens with one attached hydrogen (secondary N) is 1. The highest BCUT2D eigenvalue weighted by molar-refractivity contribution is 6.22. The lowest BCUT2D eigenvalue weighted by molar-refractivity contribution is -0.192. The van der Waals surface area contributed by atoms with Gasteiger partial charge in [0.15, 0.2) is 0 Å². The topological polar surface area (TPSA) is 129 Å². The summed E-state index contributed by atoms with van der Waals surface area (Å²) in [5, 5.41) is 7.12. The predicted octanol–water partition coefficient (Wildman–Crippen LogP) is 5.13. The first kappa shape index (κ1) is 27.1. The number of imide groups is 1. The molecular weight excluding hydrogens is 519 g/mol. The van der Waals surface area contributed by atoms with Crippen LogP contribution < -0.4 is 9.64 Å². The maximum absolute atomic E-state index is 13.3. The molecular formula is C26H22F3N5O5. The van der Waals surface area contributed by atoms with Gasteiger partial charge in [-0.25, -0.2) is 14.6 Å². The fourth-order valence-electron chi connectivity index (χ4n) is 3.73. The number of halogens is 3. The van der Waals surface area contributed by atoms with Gasteiger partial charge in [0, 0.05) is 25.0 Å². The molecule has 39 heavy (non-hydrogen) atoms. The van der Waals surface area contributed by atoms with Crippen LogP contribution in [0.1, 0.15) is 19.4 Å². The number of hydrogen-bond donors (Lipinski definition) is 2. The number of benzene rings is 2. The van der Waals surface area contributed by atoms with Gasteiger partial charge in [0.2, 0.25) is 5.95 Å². The zero-order valence-corrected chi connectivity index (χ0v) is 20.6. The number of carboxylic acids is 1. The van der Waals surface area contributed by atoms with E-state index >= 15 is 0 Å². The van der Waals surface area contributed by atoms with Crippen molar-refractivity contribution in [1.29, 1.82) is 0 Å². The first-order valence-electron chi connectivity index (χ1n) is 11.5. The molecule has 0 spiro atoms. The van der Waals surface area contributed by atoms with Crippen molar-refractivity contribution in [2.45, 2.75) is 32.1 Å². The number of fused-ring (bicyclic) bond motifs is 1. The number of hydrogen-bond acceptors (Lipinski definition) is 6. The van der Waals surface area contributed by atoms with Gasteiger partial charge in [0.25, 0.3) is 5.91 Å². The molecule has 0 bridgehead atoms. The Morgan fingerprint density at radius 2 is 1.67 bits per heavy atom. The number of rotatable bonds is 5. The lowest BCUT2D eigenvalue weighted by Gasteiger charge is -2.27. The molecule has 0 radical (unpaired) electrons. The van der Waals surface area contributed by atoms with Gasteiger partial charge in [-0.2, -0.15) is 18.1 Å². The van der Waals surface area contributed by atoms with Crippen molar-refractivity contribution >= 4 is 34.9 Å². The van der Waals surface area contributed by atoms with Gasteiger partial charge in [-0.1, -0.05) is 18.2 Å². The van der Waals surface area contributed by atoms with Gasteiger partial charge in [0.1, 0.15) is 17.0 Å². The Bertz CT molecular complexity index is 1510. The molecule has 1 aliphatic heterocycles. The lowest BCUT2D eigenvalue weighted by Crippen LogP contribution is -2.43. The first-order valence-corrected chi connectivity index (χ1v) is 11.5. The van der Waals surface area contributed by atoms with Crippen molar-refractivity contribution in [3.8, 4) is 11.5 Å². The SMILES string of the molecule is CC1(C)C(=O)N(c2nc3ccc(Oc4ccccc4)cc3[nH]2)C(=O)N1Cc1ccncc1.O=C(O)C(F)(F)F. The Balaban J connectivity index is 0.000000448. The fourth-order valence-corrected chi connectivity index (χ4v) is 3.73. The highest BCUT2D eigenvalue weighted by Crippen LogP contribution is 2.33. The third-order valence-corrected chi connectivity index (χ3v) is 5.79. The zero-order chi connectivity index (χ0) is 28.4. The number of aromatic amines is 1. The summed E-state index contributed by atoms with van der Waals surface area (Å²) < 4.78 is 37.6. The lowest BCUT2D eigenvalue weighted by atomic mass is 10.0. The van der Waals surface area contributed by atoms with Crippen LogP contribution in [0.4, 0.5) is 23.9 Å². The van der Waals surface area contributed by atoms with Crippen LogP contribution in [0.25, 0.3) is 11.0 Å². The Kier molecular flexibility index (Phi) is 7.25. The second kappa shape index (κ2) is 10.4. The Morgan fingerprint density at radius 1 is 1.03 bits per heavy atom. The molecule has 0 unspecified atom stereocenters. The summed E-state index contributed by atoms with van der Waals surface area (Å²) in [4.78, 5) is 49.6. The first-order chi connectivity index (χ1) is 18.4. The number of aliphatic carboxylic acids is 1. The van der Waals surface area contributed by atoms with Gasteiger partial charge in [-0.3, -0.25) is 9.78 Å². The molecule has 5 rings (SSSR count). The number of aromatic nitrogens is 3. The highest BCUT2D eigenvalue weighted by Gasteiger charge is 2.52. The Morgan fingerprint density at radius 3 is 2.28 bits per heavy atom. The van der Waals surface area contributed by atoms with Crippen LogP contribution >= 0.6 is 0 Å². The third-order valence-electron chi connectivity index (χ3n) is 5.79. The molecule has 3 amide bonds. The average Bonchev–Trinajstić information content (AvgIpc) is 3.37. The third kappa shape index (κ3) is 5.81. The van der Waals surface area contributed by atoms with E-state index in [0.29, 0.717) is 29.1 Å². The Hall–Kier alpha value is -4.94. The minimum Gasteiger partial charge on any atom is -0.475 e. The van der Waals surface area contributed by atoms with Crippen molar-refractivity contribution < 1.29 is 37.4 Å². The van der Waals surface area contributed by atoms with E-state index in [1.807, 2.05) is 42.5 Å². The number of amides is 3. The monoisotopic (exact) mass is 541 g/mol. The molecule has 3 heterocycles. The van der Waals surface area contributed by atoms with E-state index in [1.165, 1.54) is 0 Å². The predicted molar refractivity (Wildman–Crippen MR) is 133 cm³/mol. The van der Waals surface area contributed by atoms with E-state index in [0.717, 1.165) is 10.5 Å². The van der Waals surface area contributed by atoms with Crippen LogP contribution in [0, 0.1) is 0 Å². The van der Waals surface area contributed by atoms with E-state index in [4.69, 9.17) is 14.6 Å². The number of H-pyrrole nitrogens is 1. The molecule has 0 atom stereocenters. The summed E-state index contributed by atoms with van der Waals surface area (Å²) in [6.07, 6.45) is -1.76. The van der Waals surface area contributed by atoms with Crippen molar-refractivity contribution in [3.63, 3.8) is 0 Å². The summed E-state index contributed by atoms with van der Waals surface area (Å²) in [6.45, 7) is 3.78. The Labute approximate surface area is 219 Å². The van der Waals surface area contributed by atoms with Crippen LogP contribution in [-0.2, 0) is 16.1 Å². The maximum atomic E-state index is 13.3. The summed E-state index contributed by atoms with van der Waals surface area (Å²) in [6, 6.07) is 18.1. The van der Waals surface area contributed by atoms with Gasteiger partial charge in [-0.05, 0) is 55.8 Å². The molecule has 0 aliphatic carbocycles. The molecule has 1 saturated heterocycles. The molecule has 1 fully saturated rings. The van der Waals surface area contributed by atoms with Crippen molar-refractivity contribution in [2.24, 2.45) is 0 Å². The van der Waals surface area contributed by atoms with Gasteiger partial charge in [0.05, 0.1) is 11.0 Å². The normalized spacial score (nSPS) is 14.8. The molecule has 4 aromatic rings. The number of carbonyl (C=O) groups excluding carboxylic acids is 2. The van der Waals surface area contributed by atoms with Crippen molar-refractivity contribution in [1.82, 2.24) is 19.9 Å². The second-order valence-electron chi connectivity index (χ2n) is 8.88. The number of para-hydroxylation sites is 1. The molecule has 0 saturated carbocycles. The molecule has 202 valence electrons. The number of nitrogens with zero attached hydrogens (tertiary/aromatic N) is 4. The smallest absolute Gasteiger partial charge is 0.475 e. The number of anilines is 1. The largest absolute Gasteiger partial charge is 0.490 e. The molecule has 2 N–H and O–H groups in total. The molecule has 2 aromatic heterocycles. The standard InChI is InChI=1S/C24H21N5O3.C2HF3O2/c1-24(2)21(30)29(23(31)28(24)15-16-10-12-25-13-11-16)22-26-19-9-8-18(14-20(19)27-22)32-17-6-4-3-5-7-17;3-2(4,5)1(6)7/h3-14H,15H2,1-2H3,(H,26,27);(H,6,7). The number of alkyl halides is 3. The number of pyridine rings is 1. The molecule has 10 nitrogen and oxygen atoms in total. The fraction of sp³-hybridized carbons (Fsp3) is 0.192. The van der Waals surface area contributed by atoms with E-state index < -0.39 is 23.7 Å². The van der Waals surface area contributed by atoms with E-state index in [9.17, 15) is 22.8 Å². The molecule has 13 heteroatoms. The summed E-state index contributed by atoms with van der Waals surface area (Å²) in [5.74, 6) is -1.57. The summed E-state index contributed by atoms with van der Waals surface area (Å²) in [5.41, 5.74) is 1.18. The second-order valence-corrected chi connectivity index (χ2v) is 8.88. The molecule has 1 aliphatic rings. The summed E-state index contributed by atoms with van der Waals surface area (Å²) >= 11 is 0. The average molecular weight is 541 g/mol. The van der Waals surface area contributed by atoms with Crippen LogP contribution in [-0.4, -0.2) is 54.6 Å². The maximum Gasteiger partial charge on any atom is 0.490 e. The van der Waals surface area contributed by atoms with Crippen LogP contribution in [0.5, 0.6) is 11.5 Å². The van der Waals surface area contributed by atoms with E-state index in [1.54, 1.807) is 49.3 Å². The minimum atomic E-state index is -5.08. The number of ether oxygens (including phenoxy) is 1. The van der Waals surface area contributed by atoms with Gasteiger partial charge < -0.3 is 19.7 Å². The summed E-state index contributed by atoms with van der Waals surface area (Å²) in [7, 11) is 0.